The molecule has 0 aliphatic carbocycles. The molecule has 1 heterocycles. The summed E-state index contributed by atoms with van der Waals surface area (Å²) >= 11 is 11.3. The molecule has 0 unspecified atom stereocenters. The van der Waals surface area contributed by atoms with Crippen molar-refractivity contribution in [3.8, 4) is 11.4 Å². The fourth-order valence-corrected chi connectivity index (χ4v) is 2.73. The van der Waals surface area contributed by atoms with Gasteiger partial charge in [0.25, 0.3) is 0 Å². The zero-order valence-corrected chi connectivity index (χ0v) is 16.1. The van der Waals surface area contributed by atoms with Crippen molar-refractivity contribution < 1.29 is 4.52 Å². The van der Waals surface area contributed by atoms with Crippen molar-refractivity contribution in [1.29, 1.82) is 0 Å². The highest BCUT2D eigenvalue weighted by molar-refractivity contribution is 7.80. The minimum absolute atomic E-state index is 0.337. The first-order chi connectivity index (χ1) is 12.5. The molecular weight excluding hydrogens is 368 g/mol. The molecule has 0 spiro atoms. The van der Waals surface area contributed by atoms with Crippen LogP contribution in [0.5, 0.6) is 0 Å². The number of thiocarbonyl (C=S) groups is 1. The van der Waals surface area contributed by atoms with Gasteiger partial charge in [0.05, 0.1) is 6.54 Å². The average Bonchev–Trinajstić information content (AvgIpc) is 3.09. The number of halogens is 1. The Kier molecular flexibility index (Phi) is 5.85. The highest BCUT2D eigenvalue weighted by atomic mass is 35.5. The summed E-state index contributed by atoms with van der Waals surface area (Å²) in [5, 5.41) is 11.3. The maximum Gasteiger partial charge on any atom is 0.246 e. The lowest BCUT2D eigenvalue weighted by atomic mass is 10.0. The van der Waals surface area contributed by atoms with Crippen LogP contribution in [0.1, 0.15) is 31.2 Å². The van der Waals surface area contributed by atoms with Crippen LogP contribution in [0.3, 0.4) is 0 Å². The molecule has 0 fully saturated rings. The van der Waals surface area contributed by atoms with Crippen LogP contribution in [0.15, 0.2) is 53.1 Å². The smallest absolute Gasteiger partial charge is 0.246 e. The third-order valence-corrected chi connectivity index (χ3v) is 4.27. The lowest BCUT2D eigenvalue weighted by molar-refractivity contribution is 0.376. The van der Waals surface area contributed by atoms with E-state index in [1.807, 2.05) is 24.3 Å². The van der Waals surface area contributed by atoms with Crippen molar-refractivity contribution in [2.75, 3.05) is 5.32 Å². The average molecular weight is 387 g/mol. The molecule has 7 heteroatoms. The van der Waals surface area contributed by atoms with Gasteiger partial charge in [0, 0.05) is 16.3 Å². The van der Waals surface area contributed by atoms with Gasteiger partial charge in [-0.25, -0.2) is 0 Å². The summed E-state index contributed by atoms with van der Waals surface area (Å²) in [7, 11) is 0. The van der Waals surface area contributed by atoms with Gasteiger partial charge >= 0.3 is 0 Å². The molecule has 0 saturated heterocycles. The first-order valence-corrected chi connectivity index (χ1v) is 9.03. The first kappa shape index (κ1) is 18.4. The zero-order chi connectivity index (χ0) is 18.5. The molecule has 2 N–H and O–H groups in total. The second kappa shape index (κ2) is 8.29. The van der Waals surface area contributed by atoms with Crippen LogP contribution < -0.4 is 10.6 Å². The predicted molar refractivity (Wildman–Crippen MR) is 108 cm³/mol. The summed E-state index contributed by atoms with van der Waals surface area (Å²) in [6.07, 6.45) is 0. The molecule has 0 radical (unpaired) electrons. The third kappa shape index (κ3) is 4.80. The molecule has 3 rings (SSSR count). The van der Waals surface area contributed by atoms with Gasteiger partial charge in [-0.1, -0.05) is 54.9 Å². The quantitative estimate of drug-likeness (QED) is 0.601. The zero-order valence-electron chi connectivity index (χ0n) is 14.5. The highest BCUT2D eigenvalue weighted by Gasteiger charge is 2.09. The molecule has 0 atom stereocenters. The Labute approximate surface area is 162 Å². The molecule has 0 amide bonds. The van der Waals surface area contributed by atoms with E-state index in [0.29, 0.717) is 34.3 Å². The summed E-state index contributed by atoms with van der Waals surface area (Å²) < 4.78 is 5.25. The molecule has 0 aliphatic heterocycles. The van der Waals surface area contributed by atoms with E-state index >= 15 is 0 Å². The van der Waals surface area contributed by atoms with E-state index in [9.17, 15) is 0 Å². The lowest BCUT2D eigenvalue weighted by Crippen LogP contribution is -2.28. The normalized spacial score (nSPS) is 10.8. The number of aromatic nitrogens is 2. The molecule has 134 valence electrons. The molecule has 2 aromatic carbocycles. The molecule has 0 saturated carbocycles. The van der Waals surface area contributed by atoms with Crippen LogP contribution in [-0.2, 0) is 6.54 Å². The number of anilines is 1. The summed E-state index contributed by atoms with van der Waals surface area (Å²) in [4.78, 5) is 4.35. The first-order valence-electron chi connectivity index (χ1n) is 8.24. The van der Waals surface area contributed by atoms with Gasteiger partial charge in [0.15, 0.2) is 5.11 Å². The van der Waals surface area contributed by atoms with Crippen molar-refractivity contribution in [3.05, 3.63) is 65.0 Å². The van der Waals surface area contributed by atoms with E-state index in [4.69, 9.17) is 28.3 Å². The summed E-state index contributed by atoms with van der Waals surface area (Å²) in [5.41, 5.74) is 3.02. The van der Waals surface area contributed by atoms with Crippen LogP contribution in [0.2, 0.25) is 5.02 Å². The number of hydrogen-bond donors (Lipinski definition) is 2. The van der Waals surface area contributed by atoms with Crippen LogP contribution in [0.25, 0.3) is 11.4 Å². The third-order valence-electron chi connectivity index (χ3n) is 3.79. The molecular formula is C19H19ClN4OS. The van der Waals surface area contributed by atoms with Gasteiger partial charge < -0.3 is 15.2 Å². The Morgan fingerprint density at radius 3 is 2.65 bits per heavy atom. The van der Waals surface area contributed by atoms with Crippen molar-refractivity contribution in [2.24, 2.45) is 0 Å². The van der Waals surface area contributed by atoms with Crippen LogP contribution in [0.4, 0.5) is 5.69 Å². The number of nitrogens with zero attached hydrogens (tertiary/aromatic N) is 2. The number of benzene rings is 2. The molecule has 0 bridgehead atoms. The van der Waals surface area contributed by atoms with Crippen LogP contribution in [-0.4, -0.2) is 15.3 Å². The van der Waals surface area contributed by atoms with Gasteiger partial charge in [0.1, 0.15) is 0 Å². The molecule has 5 nitrogen and oxygen atoms in total. The summed E-state index contributed by atoms with van der Waals surface area (Å²) in [5.74, 6) is 1.44. The Bertz CT molecular complexity index is 893. The SMILES string of the molecule is CC(C)c1ccc(NC(=S)NCc2nc(-c3cccc(Cl)c3)no2)cc1. The fraction of sp³-hybridized carbons (Fsp3) is 0.211. The Morgan fingerprint density at radius 1 is 1.19 bits per heavy atom. The minimum Gasteiger partial charge on any atom is -0.353 e. The van der Waals surface area contributed by atoms with Crippen molar-refractivity contribution >= 4 is 34.6 Å². The van der Waals surface area contributed by atoms with E-state index in [1.54, 1.807) is 12.1 Å². The van der Waals surface area contributed by atoms with Crippen LogP contribution >= 0.6 is 23.8 Å². The summed E-state index contributed by atoms with van der Waals surface area (Å²) in [6, 6.07) is 15.5. The van der Waals surface area contributed by atoms with Crippen molar-refractivity contribution in [2.45, 2.75) is 26.3 Å². The van der Waals surface area contributed by atoms with E-state index in [2.05, 4.69) is 46.8 Å². The highest BCUT2D eigenvalue weighted by Crippen LogP contribution is 2.20. The largest absolute Gasteiger partial charge is 0.353 e. The van der Waals surface area contributed by atoms with Crippen molar-refractivity contribution in [3.63, 3.8) is 0 Å². The standard InChI is InChI=1S/C19H19ClN4OS/c1-12(2)13-6-8-16(9-7-13)22-19(26)21-11-17-23-18(24-25-17)14-4-3-5-15(20)10-14/h3-10,12H,11H2,1-2H3,(H2,21,22,26). The topological polar surface area (TPSA) is 63.0 Å². The molecule has 26 heavy (non-hydrogen) atoms. The van der Waals surface area contributed by atoms with Gasteiger partial charge in [-0.3, -0.25) is 0 Å². The van der Waals surface area contributed by atoms with Gasteiger partial charge in [0.2, 0.25) is 11.7 Å². The number of nitrogens with one attached hydrogen (secondary N) is 2. The summed E-state index contributed by atoms with van der Waals surface area (Å²) in [6.45, 7) is 4.66. The Hall–Kier alpha value is -2.44. The van der Waals surface area contributed by atoms with Crippen LogP contribution in [0, 0.1) is 0 Å². The van der Waals surface area contributed by atoms with Gasteiger partial charge in [-0.05, 0) is 48.0 Å². The number of hydrogen-bond acceptors (Lipinski definition) is 4. The van der Waals surface area contributed by atoms with Gasteiger partial charge in [-0.2, -0.15) is 4.98 Å². The van der Waals surface area contributed by atoms with E-state index in [1.165, 1.54) is 5.56 Å². The molecule has 0 aliphatic rings. The lowest BCUT2D eigenvalue weighted by Gasteiger charge is -2.10. The van der Waals surface area contributed by atoms with Crippen molar-refractivity contribution in [1.82, 2.24) is 15.5 Å². The second-order valence-electron chi connectivity index (χ2n) is 6.11. The Balaban J connectivity index is 1.55. The van der Waals surface area contributed by atoms with Gasteiger partial charge in [-0.15, -0.1) is 0 Å². The molecule has 3 aromatic rings. The number of rotatable bonds is 5. The monoisotopic (exact) mass is 386 g/mol. The maximum atomic E-state index is 5.98. The van der Waals surface area contributed by atoms with E-state index in [-0.39, 0.29) is 0 Å². The minimum atomic E-state index is 0.337. The Morgan fingerprint density at radius 2 is 1.96 bits per heavy atom. The second-order valence-corrected chi connectivity index (χ2v) is 6.95. The van der Waals surface area contributed by atoms with E-state index < -0.39 is 0 Å². The van der Waals surface area contributed by atoms with E-state index in [0.717, 1.165) is 11.3 Å². The molecule has 1 aromatic heterocycles. The predicted octanol–water partition coefficient (Wildman–Crippen LogP) is 5.00. The maximum absolute atomic E-state index is 5.98. The fourth-order valence-electron chi connectivity index (χ4n) is 2.35.